The second kappa shape index (κ2) is 5.57. The predicted octanol–water partition coefficient (Wildman–Crippen LogP) is 0.367. The number of nitrogen functional groups attached to an aromatic ring is 2. The van der Waals surface area contributed by atoms with Crippen LogP contribution < -0.4 is 16.6 Å². The van der Waals surface area contributed by atoms with Gasteiger partial charge in [-0.05, 0) is 24.6 Å². The van der Waals surface area contributed by atoms with Crippen molar-refractivity contribution in [1.29, 1.82) is 0 Å². The van der Waals surface area contributed by atoms with Crippen molar-refractivity contribution in [2.24, 2.45) is 0 Å². The Morgan fingerprint density at radius 1 is 1.29 bits per heavy atom. The van der Waals surface area contributed by atoms with Crippen LogP contribution in [0.2, 0.25) is 0 Å². The number of hydrogen-bond donors (Lipinski definition) is 2. The minimum atomic E-state index is -1.26. The van der Waals surface area contributed by atoms with Crippen LogP contribution in [0.5, 0.6) is 0 Å². The Hall–Kier alpha value is -1.13. The third-order valence-corrected chi connectivity index (χ3v) is 1.69. The van der Waals surface area contributed by atoms with Crippen LogP contribution >= 0.6 is 24.8 Å². The summed E-state index contributed by atoms with van der Waals surface area (Å²) in [5.41, 5.74) is 12.1. The molecule has 0 fully saturated rings. The number of benzene rings is 1. The number of carbonyl (C=O) groups excluding carboxylic acids is 1. The van der Waals surface area contributed by atoms with Crippen molar-refractivity contribution in [2.45, 2.75) is 6.92 Å². The predicted molar refractivity (Wildman–Crippen MR) is 58.8 cm³/mol. The van der Waals surface area contributed by atoms with Crippen LogP contribution in [-0.2, 0) is 0 Å². The maximum atomic E-state index is 10.5. The van der Waals surface area contributed by atoms with E-state index in [1.165, 1.54) is 12.1 Å². The molecule has 0 unspecified atom stereocenters. The van der Waals surface area contributed by atoms with E-state index in [1.54, 1.807) is 6.92 Å². The van der Waals surface area contributed by atoms with Crippen molar-refractivity contribution in [3.05, 3.63) is 23.3 Å². The first-order chi connectivity index (χ1) is 5.52. The Kier molecular flexibility index (Phi) is 6.10. The average molecular weight is 238 g/mol. The van der Waals surface area contributed by atoms with E-state index in [2.05, 4.69) is 0 Å². The van der Waals surface area contributed by atoms with Gasteiger partial charge in [-0.1, -0.05) is 0 Å². The van der Waals surface area contributed by atoms with Gasteiger partial charge < -0.3 is 21.4 Å². The van der Waals surface area contributed by atoms with Crippen molar-refractivity contribution in [3.63, 3.8) is 0 Å². The summed E-state index contributed by atoms with van der Waals surface area (Å²) in [6.07, 6.45) is 0. The van der Waals surface area contributed by atoms with Crippen LogP contribution in [0.15, 0.2) is 12.1 Å². The van der Waals surface area contributed by atoms with E-state index in [1.807, 2.05) is 0 Å². The second-order valence-electron chi connectivity index (χ2n) is 2.57. The van der Waals surface area contributed by atoms with Gasteiger partial charge in [0, 0.05) is 16.9 Å². The first-order valence-corrected chi connectivity index (χ1v) is 3.39. The molecule has 0 aromatic heterocycles. The molecule has 1 aromatic rings. The van der Waals surface area contributed by atoms with E-state index < -0.39 is 5.97 Å². The normalized spacial score (nSPS) is 8.36. The molecule has 14 heavy (non-hydrogen) atoms. The van der Waals surface area contributed by atoms with Crippen molar-refractivity contribution < 1.29 is 9.90 Å². The number of rotatable bonds is 1. The zero-order valence-electron chi connectivity index (χ0n) is 7.44. The van der Waals surface area contributed by atoms with Crippen molar-refractivity contribution in [3.8, 4) is 0 Å². The minimum absolute atomic E-state index is 0. The first-order valence-electron chi connectivity index (χ1n) is 3.39. The third kappa shape index (κ3) is 2.97. The summed E-state index contributed by atoms with van der Waals surface area (Å²) < 4.78 is 0. The molecule has 4 nitrogen and oxygen atoms in total. The van der Waals surface area contributed by atoms with Crippen molar-refractivity contribution in [2.75, 3.05) is 11.5 Å². The van der Waals surface area contributed by atoms with Crippen LogP contribution in [0, 0.1) is 6.92 Å². The summed E-state index contributed by atoms with van der Waals surface area (Å²) in [5, 5.41) is 10.5. The molecule has 0 aliphatic rings. The van der Waals surface area contributed by atoms with Crippen LogP contribution in [0.25, 0.3) is 0 Å². The Morgan fingerprint density at radius 3 is 2.21 bits per heavy atom. The maximum Gasteiger partial charge on any atom is 0.0719 e. The van der Waals surface area contributed by atoms with Crippen LogP contribution in [0.3, 0.4) is 0 Å². The molecule has 0 bridgehead atoms. The Labute approximate surface area is 94.1 Å². The number of halogens is 2. The Bertz CT molecular complexity index is 342. The van der Waals surface area contributed by atoms with Crippen LogP contribution in [0.4, 0.5) is 11.4 Å². The van der Waals surface area contributed by atoms with Gasteiger partial charge in [0.2, 0.25) is 0 Å². The van der Waals surface area contributed by atoms with Crippen LogP contribution in [-0.4, -0.2) is 5.97 Å². The fourth-order valence-electron chi connectivity index (χ4n) is 0.972. The SMILES string of the molecule is Cc1c(N)cc(N)cc1C(=O)[O-].Cl.Cl. The fourth-order valence-corrected chi connectivity index (χ4v) is 0.972. The summed E-state index contributed by atoms with van der Waals surface area (Å²) >= 11 is 0. The molecule has 0 saturated carbocycles. The molecule has 0 atom stereocenters. The highest BCUT2D eigenvalue weighted by atomic mass is 35.5. The number of hydrogen-bond acceptors (Lipinski definition) is 4. The number of carbonyl (C=O) groups is 1. The van der Waals surface area contributed by atoms with E-state index in [4.69, 9.17) is 11.5 Å². The van der Waals surface area contributed by atoms with E-state index >= 15 is 0 Å². The summed E-state index contributed by atoms with van der Waals surface area (Å²) in [7, 11) is 0. The largest absolute Gasteiger partial charge is 0.545 e. The zero-order valence-corrected chi connectivity index (χ0v) is 9.08. The summed E-state index contributed by atoms with van der Waals surface area (Å²) in [4.78, 5) is 10.5. The molecule has 0 heterocycles. The summed E-state index contributed by atoms with van der Waals surface area (Å²) in [5.74, 6) is -1.26. The molecule has 0 spiro atoms. The first kappa shape index (κ1) is 15.3. The van der Waals surface area contributed by atoms with Gasteiger partial charge in [-0.25, -0.2) is 0 Å². The molecule has 80 valence electrons. The zero-order chi connectivity index (χ0) is 9.30. The molecule has 1 rings (SSSR count). The van der Waals surface area contributed by atoms with E-state index in [0.717, 1.165) is 0 Å². The Balaban J connectivity index is 0. The van der Waals surface area contributed by atoms with E-state index in [9.17, 15) is 9.90 Å². The van der Waals surface area contributed by atoms with Crippen LogP contribution in [0.1, 0.15) is 15.9 Å². The highest BCUT2D eigenvalue weighted by Crippen LogP contribution is 2.19. The molecule has 4 N–H and O–H groups in total. The van der Waals surface area contributed by atoms with Gasteiger partial charge in [-0.2, -0.15) is 0 Å². The summed E-state index contributed by atoms with van der Waals surface area (Å²) in [6.45, 7) is 1.61. The summed E-state index contributed by atoms with van der Waals surface area (Å²) in [6, 6.07) is 2.85. The van der Waals surface area contributed by atoms with Gasteiger partial charge in [0.1, 0.15) is 0 Å². The second-order valence-corrected chi connectivity index (χ2v) is 2.57. The van der Waals surface area contributed by atoms with E-state index in [0.29, 0.717) is 16.9 Å². The molecule has 0 aliphatic heterocycles. The fraction of sp³-hybridized carbons (Fsp3) is 0.125. The van der Waals surface area contributed by atoms with Gasteiger partial charge in [0.05, 0.1) is 5.97 Å². The quantitative estimate of drug-likeness (QED) is 0.691. The van der Waals surface area contributed by atoms with Gasteiger partial charge in [-0.3, -0.25) is 0 Å². The van der Waals surface area contributed by atoms with Gasteiger partial charge in [-0.15, -0.1) is 24.8 Å². The highest BCUT2D eigenvalue weighted by Gasteiger charge is 2.03. The standard InChI is InChI=1S/C8H10N2O2.2ClH/c1-4-6(8(11)12)2-5(9)3-7(4)10;;/h2-3H,9-10H2,1H3,(H,11,12);2*1H/p-1. The number of anilines is 2. The number of carboxylic acids is 1. The monoisotopic (exact) mass is 237 g/mol. The van der Waals surface area contributed by atoms with Gasteiger partial charge in [0.15, 0.2) is 0 Å². The maximum absolute atomic E-state index is 10.5. The number of aromatic carboxylic acids is 1. The molecule has 6 heteroatoms. The highest BCUT2D eigenvalue weighted by molar-refractivity contribution is 5.91. The lowest BCUT2D eigenvalue weighted by molar-refractivity contribution is -0.255. The lowest BCUT2D eigenvalue weighted by Crippen LogP contribution is -2.23. The average Bonchev–Trinajstić information content (AvgIpc) is 1.96. The Morgan fingerprint density at radius 2 is 1.79 bits per heavy atom. The van der Waals surface area contributed by atoms with Gasteiger partial charge in [0.25, 0.3) is 0 Å². The molecule has 0 aliphatic carbocycles. The van der Waals surface area contributed by atoms with Crippen molar-refractivity contribution >= 4 is 42.2 Å². The molecular formula is C8H11Cl2N2O2-. The third-order valence-electron chi connectivity index (χ3n) is 1.69. The smallest absolute Gasteiger partial charge is 0.0719 e. The molecular weight excluding hydrogens is 227 g/mol. The lowest BCUT2D eigenvalue weighted by atomic mass is 10.1. The minimum Gasteiger partial charge on any atom is -0.545 e. The number of nitrogens with two attached hydrogens (primary N) is 2. The topological polar surface area (TPSA) is 92.2 Å². The van der Waals surface area contributed by atoms with Crippen molar-refractivity contribution in [1.82, 2.24) is 0 Å². The number of carboxylic acid groups (broad SMARTS) is 1. The lowest BCUT2D eigenvalue weighted by Gasteiger charge is -2.10. The van der Waals surface area contributed by atoms with E-state index in [-0.39, 0.29) is 30.4 Å². The molecule has 0 radical (unpaired) electrons. The molecule has 0 saturated heterocycles. The van der Waals surface area contributed by atoms with Gasteiger partial charge >= 0.3 is 0 Å². The molecule has 0 amide bonds. The molecule has 1 aromatic carbocycles.